The lowest BCUT2D eigenvalue weighted by Gasteiger charge is -2.21. The Kier molecular flexibility index (Phi) is 53.2. The van der Waals surface area contributed by atoms with Gasteiger partial charge >= 0.3 is 39.5 Å². The molecule has 17 nitrogen and oxygen atoms in total. The van der Waals surface area contributed by atoms with Crippen molar-refractivity contribution in [2.24, 2.45) is 17.8 Å². The summed E-state index contributed by atoms with van der Waals surface area (Å²) in [6.45, 7) is 11.6. The molecule has 486 valence electrons. The Labute approximate surface area is 498 Å². The van der Waals surface area contributed by atoms with Gasteiger partial charge < -0.3 is 33.8 Å². The van der Waals surface area contributed by atoms with Crippen LogP contribution in [0.3, 0.4) is 0 Å². The molecular weight excluding hydrogens is 1090 g/mol. The number of carbonyl (C=O) groups is 4. The van der Waals surface area contributed by atoms with Crippen LogP contribution in [0.15, 0.2) is 0 Å². The maximum absolute atomic E-state index is 13.0. The number of esters is 4. The quantitative estimate of drug-likeness (QED) is 0.0222. The Morgan fingerprint density at radius 1 is 0.329 bits per heavy atom. The molecule has 3 N–H and O–H groups in total. The monoisotopic (exact) mass is 1210 g/mol. The van der Waals surface area contributed by atoms with Crippen molar-refractivity contribution in [1.29, 1.82) is 0 Å². The summed E-state index contributed by atoms with van der Waals surface area (Å²) < 4.78 is 67.9. The molecule has 0 saturated heterocycles. The highest BCUT2D eigenvalue weighted by Gasteiger charge is 2.30. The van der Waals surface area contributed by atoms with Crippen LogP contribution in [-0.2, 0) is 65.4 Å². The normalized spacial score (nSPS) is 14.4. The van der Waals surface area contributed by atoms with Crippen molar-refractivity contribution in [2.75, 3.05) is 39.6 Å². The van der Waals surface area contributed by atoms with Gasteiger partial charge in [-0.25, -0.2) is 9.13 Å². The first-order chi connectivity index (χ1) is 39.2. The zero-order valence-electron chi connectivity index (χ0n) is 52.9. The SMILES string of the molecule is CCCCCCCCCCC(=O)OC[C@H](COP(=O)(O)OC[C@H](O)COP(=O)(O)OC[C@@H](COC(=O)CCCCCCCCCC(C)C)OC(=O)CCCCCCCCCCCCCCC(C)C)OC(=O)CCCCCCCCC(C)C. The zero-order valence-corrected chi connectivity index (χ0v) is 54.7. The summed E-state index contributed by atoms with van der Waals surface area (Å²) in [5.41, 5.74) is 0. The summed E-state index contributed by atoms with van der Waals surface area (Å²) in [4.78, 5) is 72.0. The van der Waals surface area contributed by atoms with Crippen molar-refractivity contribution in [3.05, 3.63) is 0 Å². The van der Waals surface area contributed by atoms with Crippen LogP contribution in [0.25, 0.3) is 0 Å². The van der Waals surface area contributed by atoms with Gasteiger partial charge in [0.25, 0.3) is 0 Å². The minimum atomic E-state index is -4.94. The Hall–Kier alpha value is -1.94. The summed E-state index contributed by atoms with van der Waals surface area (Å²) in [6, 6.07) is 0. The third-order valence-corrected chi connectivity index (χ3v) is 16.3. The fourth-order valence-electron chi connectivity index (χ4n) is 9.30. The van der Waals surface area contributed by atoms with Gasteiger partial charge in [-0.1, -0.05) is 254 Å². The molecule has 0 aromatic carbocycles. The highest BCUT2D eigenvalue weighted by atomic mass is 31.2. The van der Waals surface area contributed by atoms with Crippen molar-refractivity contribution < 1.29 is 80.2 Å². The fraction of sp³-hybridized carbons (Fsp3) is 0.937. The van der Waals surface area contributed by atoms with Gasteiger partial charge in [0, 0.05) is 25.7 Å². The number of phosphoric ester groups is 2. The molecular formula is C63H122O17P2. The summed E-state index contributed by atoms with van der Waals surface area (Å²) in [5, 5.41) is 10.5. The lowest BCUT2D eigenvalue weighted by atomic mass is 10.0. The third kappa shape index (κ3) is 57.2. The van der Waals surface area contributed by atoms with Crippen LogP contribution >= 0.6 is 15.6 Å². The van der Waals surface area contributed by atoms with E-state index in [4.69, 9.17) is 37.0 Å². The van der Waals surface area contributed by atoms with Crippen molar-refractivity contribution in [1.82, 2.24) is 0 Å². The van der Waals surface area contributed by atoms with Crippen LogP contribution in [-0.4, -0.2) is 96.7 Å². The lowest BCUT2D eigenvalue weighted by Crippen LogP contribution is -2.30. The van der Waals surface area contributed by atoms with E-state index in [0.29, 0.717) is 37.5 Å². The Morgan fingerprint density at radius 2 is 0.561 bits per heavy atom. The number of carbonyl (C=O) groups excluding carboxylic acids is 4. The molecule has 0 aromatic heterocycles. The predicted molar refractivity (Wildman–Crippen MR) is 326 cm³/mol. The standard InChI is InChI=1S/C63H122O17P2/c1-8-9-10-11-12-22-30-37-44-60(65)73-51-59(80-63(68)47-40-33-26-25-29-36-43-56(6)7)53-78-82(71,72)76-49-57(64)48-75-81(69,70)77-52-58(50-74-61(66)45-38-31-24-19-21-28-35-42-55(4)5)79-62(67)46-39-32-23-18-16-14-13-15-17-20-27-34-41-54(2)3/h54-59,64H,8-53H2,1-7H3,(H,69,70)(H,71,72)/t57-,58-,59-/m1/s1. The smallest absolute Gasteiger partial charge is 0.462 e. The topological polar surface area (TPSA) is 237 Å². The molecule has 0 amide bonds. The van der Waals surface area contributed by atoms with E-state index in [0.717, 1.165) is 109 Å². The molecule has 0 radical (unpaired) electrons. The minimum Gasteiger partial charge on any atom is -0.462 e. The van der Waals surface area contributed by atoms with E-state index in [-0.39, 0.29) is 25.7 Å². The summed E-state index contributed by atoms with van der Waals surface area (Å²) in [5.74, 6) is 0.00742. The number of aliphatic hydroxyl groups excluding tert-OH is 1. The molecule has 82 heavy (non-hydrogen) atoms. The van der Waals surface area contributed by atoms with E-state index in [2.05, 4.69) is 48.5 Å². The highest BCUT2D eigenvalue weighted by Crippen LogP contribution is 2.45. The van der Waals surface area contributed by atoms with Gasteiger partial charge in [-0.15, -0.1) is 0 Å². The molecule has 0 aromatic rings. The second kappa shape index (κ2) is 54.5. The summed E-state index contributed by atoms with van der Waals surface area (Å²) in [6.07, 6.45) is 35.1. The molecule has 0 aliphatic carbocycles. The fourth-order valence-corrected chi connectivity index (χ4v) is 10.9. The van der Waals surface area contributed by atoms with Crippen molar-refractivity contribution in [3.8, 4) is 0 Å². The van der Waals surface area contributed by atoms with Crippen molar-refractivity contribution in [2.45, 2.75) is 324 Å². The molecule has 5 atom stereocenters. The van der Waals surface area contributed by atoms with Gasteiger partial charge in [0.15, 0.2) is 12.2 Å². The third-order valence-electron chi connectivity index (χ3n) is 14.4. The van der Waals surface area contributed by atoms with Gasteiger partial charge in [0.1, 0.15) is 19.3 Å². The predicted octanol–water partition coefficient (Wildman–Crippen LogP) is 17.1. The molecule has 0 heterocycles. The number of ether oxygens (including phenoxy) is 4. The molecule has 0 rings (SSSR count). The number of hydrogen-bond acceptors (Lipinski definition) is 15. The maximum atomic E-state index is 13.0. The van der Waals surface area contributed by atoms with Gasteiger partial charge in [-0.2, -0.15) is 0 Å². The first kappa shape index (κ1) is 80.1. The van der Waals surface area contributed by atoms with E-state index in [9.17, 15) is 43.2 Å². The first-order valence-corrected chi connectivity index (χ1v) is 35.8. The van der Waals surface area contributed by atoms with Crippen LogP contribution in [0, 0.1) is 17.8 Å². The molecule has 0 aliphatic rings. The van der Waals surface area contributed by atoms with Gasteiger partial charge in [-0.05, 0) is 43.4 Å². The van der Waals surface area contributed by atoms with Crippen LogP contribution in [0.4, 0.5) is 0 Å². The van der Waals surface area contributed by atoms with Crippen LogP contribution in [0.1, 0.15) is 305 Å². The summed E-state index contributed by atoms with van der Waals surface area (Å²) in [7, 11) is -9.88. The first-order valence-electron chi connectivity index (χ1n) is 32.8. The second-order valence-corrected chi connectivity index (χ2v) is 27.1. The van der Waals surface area contributed by atoms with Crippen LogP contribution in [0.2, 0.25) is 0 Å². The molecule has 0 fully saturated rings. The second-order valence-electron chi connectivity index (χ2n) is 24.2. The highest BCUT2D eigenvalue weighted by molar-refractivity contribution is 7.47. The van der Waals surface area contributed by atoms with Crippen LogP contribution < -0.4 is 0 Å². The van der Waals surface area contributed by atoms with Gasteiger partial charge in [0.2, 0.25) is 0 Å². The van der Waals surface area contributed by atoms with E-state index in [1.165, 1.54) is 103 Å². The van der Waals surface area contributed by atoms with E-state index >= 15 is 0 Å². The van der Waals surface area contributed by atoms with Crippen molar-refractivity contribution in [3.63, 3.8) is 0 Å². The number of unbranched alkanes of at least 4 members (excludes halogenated alkanes) is 29. The number of rotatable bonds is 61. The summed E-state index contributed by atoms with van der Waals surface area (Å²) >= 11 is 0. The molecule has 0 aliphatic heterocycles. The average molecular weight is 1210 g/mol. The average Bonchev–Trinajstić information content (AvgIpc) is 3.42. The molecule has 2 unspecified atom stereocenters. The Balaban J connectivity index is 5.21. The molecule has 19 heteroatoms. The minimum absolute atomic E-state index is 0.101. The number of phosphoric acid groups is 2. The lowest BCUT2D eigenvalue weighted by molar-refractivity contribution is -0.161. The Morgan fingerprint density at radius 3 is 0.829 bits per heavy atom. The molecule has 0 saturated carbocycles. The zero-order chi connectivity index (χ0) is 61.0. The van der Waals surface area contributed by atoms with Crippen molar-refractivity contribution >= 4 is 39.5 Å². The van der Waals surface area contributed by atoms with Gasteiger partial charge in [0.05, 0.1) is 26.4 Å². The van der Waals surface area contributed by atoms with Gasteiger partial charge in [-0.3, -0.25) is 37.3 Å². The number of hydrogen-bond donors (Lipinski definition) is 3. The van der Waals surface area contributed by atoms with E-state index in [1.54, 1.807) is 0 Å². The van der Waals surface area contributed by atoms with E-state index in [1.807, 2.05) is 0 Å². The Bertz CT molecular complexity index is 1630. The largest absolute Gasteiger partial charge is 0.472 e. The van der Waals surface area contributed by atoms with E-state index < -0.39 is 97.5 Å². The number of aliphatic hydroxyl groups is 1. The van der Waals surface area contributed by atoms with Crippen LogP contribution in [0.5, 0.6) is 0 Å². The molecule has 0 spiro atoms. The maximum Gasteiger partial charge on any atom is 0.472 e. The molecule has 0 bridgehead atoms.